The van der Waals surface area contributed by atoms with Gasteiger partial charge in [-0.25, -0.2) is 9.59 Å². The van der Waals surface area contributed by atoms with Crippen LogP contribution in [0.2, 0.25) is 0 Å². The van der Waals surface area contributed by atoms with Gasteiger partial charge in [-0.05, 0) is 87.8 Å². The molecule has 0 saturated carbocycles. The molecule has 2 aromatic rings. The van der Waals surface area contributed by atoms with Gasteiger partial charge in [0.25, 0.3) is 0 Å². The third kappa shape index (κ3) is 7.26. The van der Waals surface area contributed by atoms with Crippen molar-refractivity contribution in [2.45, 2.75) is 26.1 Å². The number of urea groups is 1. The number of aromatic hydroxyl groups is 1. The van der Waals surface area contributed by atoms with E-state index in [4.69, 9.17) is 14.2 Å². The average molecular weight is 689 g/mol. The number of hydrogen-bond acceptors (Lipinski definition) is 9. The number of methoxy groups -OCH3 is 1. The first kappa shape index (κ1) is 28.5. The Morgan fingerprint density at radius 3 is 2.73 bits per heavy atom. The summed E-state index contributed by atoms with van der Waals surface area (Å²) in [7, 11) is 1.27. The lowest BCUT2D eigenvalue weighted by Crippen LogP contribution is -2.45. The molecule has 0 spiro atoms. The van der Waals surface area contributed by atoms with Gasteiger partial charge in [-0.2, -0.15) is 5.10 Å². The molecule has 198 valence electrons. The highest BCUT2D eigenvalue weighted by molar-refractivity contribution is 14.1. The molecule has 3 rings (SSSR count). The van der Waals surface area contributed by atoms with Crippen molar-refractivity contribution in [3.05, 3.63) is 60.8 Å². The molecule has 0 aromatic heterocycles. The van der Waals surface area contributed by atoms with E-state index in [2.05, 4.69) is 37.1 Å². The van der Waals surface area contributed by atoms with Crippen molar-refractivity contribution in [3.8, 4) is 17.2 Å². The van der Waals surface area contributed by atoms with Gasteiger partial charge >= 0.3 is 12.0 Å². The Balaban J connectivity index is 1.71. The number of esters is 1. The maximum absolute atomic E-state index is 12.4. The molecule has 0 fully saturated rings. The quantitative estimate of drug-likeness (QED) is 0.0840. The standard InChI is InChI=1S/C24H26BrIN4O7/c1-4-36-18-9-14(21-20(23(33)35-3)12(2)28-24(34)29-21)5-6-17(18)37-11-19(31)30-27-10-13-7-15(25)22(32)16(26)8-13/h5-10,19,21,30-32H,4,11H2,1-3H3,(H2,28,29,34)/b27-10-/t19-,21+/m1/s1. The number of phenols is 1. The summed E-state index contributed by atoms with van der Waals surface area (Å²) in [6, 6.07) is 7.20. The Kier molecular flexibility index (Phi) is 10.00. The van der Waals surface area contributed by atoms with Gasteiger partial charge in [0.2, 0.25) is 0 Å². The number of aliphatic hydroxyl groups excluding tert-OH is 1. The summed E-state index contributed by atoms with van der Waals surface area (Å²) in [5.74, 6) is 0.296. The zero-order valence-electron chi connectivity index (χ0n) is 20.2. The molecule has 1 aliphatic rings. The van der Waals surface area contributed by atoms with Crippen LogP contribution in [-0.2, 0) is 9.53 Å². The molecule has 5 N–H and O–H groups in total. The number of rotatable bonds is 10. The van der Waals surface area contributed by atoms with Gasteiger partial charge in [-0.3, -0.25) is 5.43 Å². The van der Waals surface area contributed by atoms with Crippen LogP contribution in [0.25, 0.3) is 0 Å². The molecule has 0 aliphatic carbocycles. The summed E-state index contributed by atoms with van der Waals surface area (Å²) < 4.78 is 17.5. The molecular formula is C24H26BrIN4O7. The molecule has 0 radical (unpaired) electrons. The normalized spacial score (nSPS) is 16.2. The zero-order valence-corrected chi connectivity index (χ0v) is 23.9. The van der Waals surface area contributed by atoms with Crippen molar-refractivity contribution in [1.29, 1.82) is 0 Å². The molecular weight excluding hydrogens is 663 g/mol. The number of carbonyl (C=O) groups excluding carboxylic acids is 2. The number of hydrogen-bond donors (Lipinski definition) is 5. The Labute approximate surface area is 235 Å². The van der Waals surface area contributed by atoms with E-state index in [0.717, 1.165) is 0 Å². The number of aliphatic hydroxyl groups is 1. The summed E-state index contributed by atoms with van der Waals surface area (Å²) in [6.45, 7) is 3.62. The number of nitrogens with zero attached hydrogens (tertiary/aromatic N) is 1. The van der Waals surface area contributed by atoms with Crippen molar-refractivity contribution < 1.29 is 34.0 Å². The van der Waals surface area contributed by atoms with E-state index in [9.17, 15) is 19.8 Å². The summed E-state index contributed by atoms with van der Waals surface area (Å²) >= 11 is 5.27. The molecule has 13 heteroatoms. The number of halogens is 2. The van der Waals surface area contributed by atoms with E-state index in [-0.39, 0.29) is 17.9 Å². The summed E-state index contributed by atoms with van der Waals surface area (Å²) in [5, 5.41) is 29.4. The highest BCUT2D eigenvalue weighted by Crippen LogP contribution is 2.35. The lowest BCUT2D eigenvalue weighted by molar-refractivity contribution is -0.136. The maximum Gasteiger partial charge on any atom is 0.337 e. The topological polar surface area (TPSA) is 151 Å². The molecule has 0 bridgehead atoms. The fourth-order valence-corrected chi connectivity index (χ4v) is 4.98. The average Bonchev–Trinajstić information content (AvgIpc) is 2.85. The smallest absolute Gasteiger partial charge is 0.337 e. The molecule has 2 amide bonds. The van der Waals surface area contributed by atoms with Crippen LogP contribution >= 0.6 is 38.5 Å². The first-order valence-corrected chi connectivity index (χ1v) is 12.9. The number of nitrogens with one attached hydrogen (secondary N) is 3. The second-order valence-electron chi connectivity index (χ2n) is 7.75. The van der Waals surface area contributed by atoms with Crippen molar-refractivity contribution in [2.24, 2.45) is 5.10 Å². The monoisotopic (exact) mass is 688 g/mol. The molecule has 0 saturated heterocycles. The number of carbonyl (C=O) groups is 2. The molecule has 1 heterocycles. The van der Waals surface area contributed by atoms with Crippen LogP contribution in [0.3, 0.4) is 0 Å². The fraction of sp³-hybridized carbons (Fsp3) is 0.292. The van der Waals surface area contributed by atoms with E-state index in [1.54, 1.807) is 44.2 Å². The molecule has 0 unspecified atom stereocenters. The van der Waals surface area contributed by atoms with E-state index >= 15 is 0 Å². The number of amides is 2. The van der Waals surface area contributed by atoms with Crippen molar-refractivity contribution in [1.82, 2.24) is 16.1 Å². The zero-order chi connectivity index (χ0) is 27.1. The van der Waals surface area contributed by atoms with Crippen LogP contribution in [0, 0.1) is 3.57 Å². The lowest BCUT2D eigenvalue weighted by Gasteiger charge is -2.28. The largest absolute Gasteiger partial charge is 0.506 e. The van der Waals surface area contributed by atoms with Gasteiger partial charge < -0.3 is 35.1 Å². The molecule has 2 atom stereocenters. The van der Waals surface area contributed by atoms with Crippen LogP contribution in [0.4, 0.5) is 4.79 Å². The highest BCUT2D eigenvalue weighted by Gasteiger charge is 2.32. The van der Waals surface area contributed by atoms with Gasteiger partial charge in [-0.1, -0.05) is 6.07 Å². The van der Waals surface area contributed by atoms with Gasteiger partial charge in [0.05, 0.1) is 39.6 Å². The second-order valence-corrected chi connectivity index (χ2v) is 9.76. The van der Waals surface area contributed by atoms with Crippen LogP contribution < -0.4 is 25.5 Å². The van der Waals surface area contributed by atoms with Crippen molar-refractivity contribution in [2.75, 3.05) is 20.3 Å². The number of benzene rings is 2. The minimum absolute atomic E-state index is 0.144. The van der Waals surface area contributed by atoms with E-state index < -0.39 is 24.3 Å². The maximum atomic E-state index is 12.4. The van der Waals surface area contributed by atoms with E-state index in [1.807, 2.05) is 22.6 Å². The Morgan fingerprint density at radius 1 is 1.30 bits per heavy atom. The Hall–Kier alpha value is -3.04. The lowest BCUT2D eigenvalue weighted by atomic mass is 9.95. The SMILES string of the molecule is CCOc1cc([C@@H]2NC(=O)NC(C)=C2C(=O)OC)ccc1OC[C@@H](O)N/N=C\c1cc(Br)c(O)c(I)c1. The fourth-order valence-electron chi connectivity index (χ4n) is 3.48. The van der Waals surface area contributed by atoms with Crippen molar-refractivity contribution >= 4 is 56.7 Å². The van der Waals surface area contributed by atoms with Crippen LogP contribution in [0.15, 0.2) is 51.2 Å². The number of ether oxygens (including phenoxy) is 3. The van der Waals surface area contributed by atoms with Crippen LogP contribution in [-0.4, -0.2) is 55.0 Å². The third-order valence-corrected chi connectivity index (χ3v) is 6.58. The minimum atomic E-state index is -1.13. The van der Waals surface area contributed by atoms with Gasteiger partial charge in [-0.15, -0.1) is 0 Å². The number of allylic oxidation sites excluding steroid dienone is 1. The molecule has 1 aliphatic heterocycles. The van der Waals surface area contributed by atoms with E-state index in [0.29, 0.717) is 43.0 Å². The van der Waals surface area contributed by atoms with Crippen LogP contribution in [0.1, 0.15) is 31.0 Å². The van der Waals surface area contributed by atoms with Crippen LogP contribution in [0.5, 0.6) is 17.2 Å². The minimum Gasteiger partial charge on any atom is -0.506 e. The Morgan fingerprint density at radius 2 is 2.05 bits per heavy atom. The third-order valence-electron chi connectivity index (χ3n) is 5.15. The number of hydrazone groups is 1. The van der Waals surface area contributed by atoms with Crippen molar-refractivity contribution in [3.63, 3.8) is 0 Å². The summed E-state index contributed by atoms with van der Waals surface area (Å²) in [6.07, 6.45) is 0.364. The first-order valence-electron chi connectivity index (χ1n) is 11.0. The predicted octanol–water partition coefficient (Wildman–Crippen LogP) is 3.28. The van der Waals surface area contributed by atoms with E-state index in [1.165, 1.54) is 13.3 Å². The Bertz CT molecular complexity index is 1210. The first-order chi connectivity index (χ1) is 17.6. The van der Waals surface area contributed by atoms with Gasteiger partial charge in [0.1, 0.15) is 12.4 Å². The molecule has 2 aromatic carbocycles. The predicted molar refractivity (Wildman–Crippen MR) is 147 cm³/mol. The summed E-state index contributed by atoms with van der Waals surface area (Å²) in [4.78, 5) is 24.4. The number of phenolic OH excluding ortho intramolecular Hbond substituents is 1. The molecule has 11 nitrogen and oxygen atoms in total. The van der Waals surface area contributed by atoms with Gasteiger partial charge in [0.15, 0.2) is 17.7 Å². The second kappa shape index (κ2) is 13.0. The highest BCUT2D eigenvalue weighted by atomic mass is 127. The summed E-state index contributed by atoms with van der Waals surface area (Å²) in [5.41, 5.74) is 4.53. The van der Waals surface area contributed by atoms with Gasteiger partial charge in [0, 0.05) is 5.70 Å². The molecule has 37 heavy (non-hydrogen) atoms.